The summed E-state index contributed by atoms with van der Waals surface area (Å²) in [5.41, 5.74) is 8.62. The van der Waals surface area contributed by atoms with Gasteiger partial charge in [-0.2, -0.15) is 0 Å². The molecular weight excluding hydrogens is 300 g/mol. The zero-order chi connectivity index (χ0) is 16.8. The van der Waals surface area contributed by atoms with Crippen molar-refractivity contribution in [1.82, 2.24) is 0 Å². The number of nitrogens with two attached hydrogens (primary N) is 1. The van der Waals surface area contributed by atoms with Gasteiger partial charge in [-0.15, -0.1) is 0 Å². The summed E-state index contributed by atoms with van der Waals surface area (Å²) in [6, 6.07) is 17.4. The lowest BCUT2D eigenvalue weighted by molar-refractivity contribution is -0.122. The van der Waals surface area contributed by atoms with E-state index >= 15 is 0 Å². The normalized spacial score (nSPS) is 14.8. The van der Waals surface area contributed by atoms with Gasteiger partial charge in [0.05, 0.1) is 6.54 Å². The minimum atomic E-state index is 0.118. The Morgan fingerprint density at radius 2 is 1.79 bits per heavy atom. The third-order valence-electron chi connectivity index (χ3n) is 4.15. The number of carbonyl (C=O) groups excluding carboxylic acids is 1. The third-order valence-corrected chi connectivity index (χ3v) is 4.15. The molecule has 0 atom stereocenters. The van der Waals surface area contributed by atoms with Gasteiger partial charge in [0.15, 0.2) is 5.96 Å². The van der Waals surface area contributed by atoms with Gasteiger partial charge in [-0.3, -0.25) is 4.79 Å². The molecule has 4 N–H and O–H groups in total. The highest BCUT2D eigenvalue weighted by Gasteiger charge is 2.25. The second kappa shape index (κ2) is 7.64. The summed E-state index contributed by atoms with van der Waals surface area (Å²) in [4.78, 5) is 16.3. The maximum absolute atomic E-state index is 12.0. The Balaban J connectivity index is 1.57. The van der Waals surface area contributed by atoms with Gasteiger partial charge in [0.1, 0.15) is 0 Å². The fourth-order valence-electron chi connectivity index (χ4n) is 2.55. The number of amides is 1. The molecule has 2 aromatic carbocycles. The zero-order valence-electron chi connectivity index (χ0n) is 13.5. The van der Waals surface area contributed by atoms with Crippen LogP contribution in [0.1, 0.15) is 24.8 Å². The first-order valence-electron chi connectivity index (χ1n) is 8.22. The second-order valence-electron chi connectivity index (χ2n) is 6.01. The van der Waals surface area contributed by atoms with Crippen LogP contribution in [0.3, 0.4) is 0 Å². The van der Waals surface area contributed by atoms with Crippen molar-refractivity contribution < 1.29 is 4.79 Å². The summed E-state index contributed by atoms with van der Waals surface area (Å²) in [5, 5.41) is 6.02. The predicted molar refractivity (Wildman–Crippen MR) is 97.8 cm³/mol. The van der Waals surface area contributed by atoms with Crippen molar-refractivity contribution in [2.75, 3.05) is 10.6 Å². The van der Waals surface area contributed by atoms with Gasteiger partial charge >= 0.3 is 0 Å². The molecule has 5 nitrogen and oxygen atoms in total. The molecule has 0 unspecified atom stereocenters. The highest BCUT2D eigenvalue weighted by atomic mass is 16.1. The van der Waals surface area contributed by atoms with Crippen molar-refractivity contribution in [2.45, 2.75) is 25.8 Å². The number of hydrogen-bond acceptors (Lipinski definition) is 2. The minimum Gasteiger partial charge on any atom is -0.370 e. The highest BCUT2D eigenvalue weighted by molar-refractivity contribution is 5.93. The Morgan fingerprint density at radius 1 is 1.04 bits per heavy atom. The van der Waals surface area contributed by atoms with E-state index in [0.717, 1.165) is 36.2 Å². The van der Waals surface area contributed by atoms with Gasteiger partial charge in [0, 0.05) is 17.3 Å². The first-order chi connectivity index (χ1) is 11.7. The number of aliphatic imine (C=N–C) groups is 1. The Morgan fingerprint density at radius 3 is 2.50 bits per heavy atom. The average Bonchev–Trinajstić information content (AvgIpc) is 2.52. The number of para-hydroxylation sites is 1. The van der Waals surface area contributed by atoms with E-state index < -0.39 is 0 Å². The zero-order valence-corrected chi connectivity index (χ0v) is 13.5. The molecule has 5 heteroatoms. The largest absolute Gasteiger partial charge is 0.370 e. The van der Waals surface area contributed by atoms with Crippen molar-refractivity contribution in [3.05, 3.63) is 60.2 Å². The fraction of sp³-hybridized carbons (Fsp3) is 0.263. The number of nitrogens with zero attached hydrogens (tertiary/aromatic N) is 1. The molecule has 0 aromatic heterocycles. The monoisotopic (exact) mass is 322 g/mol. The molecule has 1 amide bonds. The molecule has 0 radical (unpaired) electrons. The summed E-state index contributed by atoms with van der Waals surface area (Å²) in [5.74, 6) is 0.662. The van der Waals surface area contributed by atoms with Crippen LogP contribution in [0.25, 0.3) is 0 Å². The first-order valence-corrected chi connectivity index (χ1v) is 8.22. The third kappa shape index (κ3) is 4.35. The van der Waals surface area contributed by atoms with Crippen molar-refractivity contribution >= 4 is 23.2 Å². The van der Waals surface area contributed by atoms with E-state index in [0.29, 0.717) is 12.5 Å². The van der Waals surface area contributed by atoms with Gasteiger partial charge < -0.3 is 16.4 Å². The van der Waals surface area contributed by atoms with Crippen molar-refractivity contribution in [2.24, 2.45) is 16.6 Å². The van der Waals surface area contributed by atoms with Crippen LogP contribution in [0.5, 0.6) is 0 Å². The lowest BCUT2D eigenvalue weighted by Crippen LogP contribution is -2.28. The first kappa shape index (κ1) is 16.1. The van der Waals surface area contributed by atoms with Gasteiger partial charge in [0.2, 0.25) is 5.91 Å². The van der Waals surface area contributed by atoms with E-state index in [4.69, 9.17) is 5.73 Å². The molecule has 0 aliphatic heterocycles. The molecule has 0 saturated heterocycles. The molecule has 1 saturated carbocycles. The van der Waals surface area contributed by atoms with Crippen LogP contribution in [-0.2, 0) is 11.3 Å². The van der Waals surface area contributed by atoms with Crippen LogP contribution in [0.15, 0.2) is 59.6 Å². The predicted octanol–water partition coefficient (Wildman–Crippen LogP) is 3.35. The number of guanidine groups is 1. The summed E-state index contributed by atoms with van der Waals surface area (Å²) in [6.45, 7) is 0.457. The quantitative estimate of drug-likeness (QED) is 0.583. The summed E-state index contributed by atoms with van der Waals surface area (Å²) < 4.78 is 0. The molecule has 1 aliphatic carbocycles. The van der Waals surface area contributed by atoms with Crippen LogP contribution >= 0.6 is 0 Å². The van der Waals surface area contributed by atoms with E-state index in [2.05, 4.69) is 15.6 Å². The van der Waals surface area contributed by atoms with Crippen LogP contribution in [0.4, 0.5) is 11.4 Å². The molecule has 24 heavy (non-hydrogen) atoms. The van der Waals surface area contributed by atoms with E-state index in [1.807, 2.05) is 54.6 Å². The minimum absolute atomic E-state index is 0.118. The van der Waals surface area contributed by atoms with Crippen LogP contribution in [0, 0.1) is 5.92 Å². The van der Waals surface area contributed by atoms with Crippen LogP contribution in [-0.4, -0.2) is 11.9 Å². The van der Waals surface area contributed by atoms with Crippen LogP contribution in [0.2, 0.25) is 0 Å². The Kier molecular flexibility index (Phi) is 5.11. The SMILES string of the molecule is NC(=NCc1cccc(NC(=O)C2CCC2)c1)Nc1ccccc1. The van der Waals surface area contributed by atoms with E-state index in [9.17, 15) is 4.79 Å². The fourth-order valence-corrected chi connectivity index (χ4v) is 2.55. The summed E-state index contributed by atoms with van der Waals surface area (Å²) in [7, 11) is 0. The molecule has 3 rings (SSSR count). The lowest BCUT2D eigenvalue weighted by atomic mass is 9.85. The van der Waals surface area contributed by atoms with E-state index in [1.54, 1.807) is 0 Å². The Hall–Kier alpha value is -2.82. The molecule has 0 heterocycles. The number of hydrogen-bond donors (Lipinski definition) is 3. The van der Waals surface area contributed by atoms with Crippen molar-refractivity contribution in [1.29, 1.82) is 0 Å². The number of anilines is 2. The Labute approximate surface area is 142 Å². The van der Waals surface area contributed by atoms with Gasteiger partial charge in [-0.1, -0.05) is 36.8 Å². The maximum Gasteiger partial charge on any atom is 0.227 e. The molecule has 124 valence electrons. The molecule has 2 aromatic rings. The summed E-state index contributed by atoms with van der Waals surface area (Å²) in [6.07, 6.45) is 3.15. The number of nitrogens with one attached hydrogen (secondary N) is 2. The highest BCUT2D eigenvalue weighted by Crippen LogP contribution is 2.27. The molecule has 0 bridgehead atoms. The van der Waals surface area contributed by atoms with Crippen LogP contribution < -0.4 is 16.4 Å². The Bertz CT molecular complexity index is 723. The molecule has 0 spiro atoms. The molecular formula is C19H22N4O. The van der Waals surface area contributed by atoms with Gasteiger partial charge in [0.25, 0.3) is 0 Å². The lowest BCUT2D eigenvalue weighted by Gasteiger charge is -2.24. The number of carbonyl (C=O) groups is 1. The van der Waals surface area contributed by atoms with Crippen molar-refractivity contribution in [3.63, 3.8) is 0 Å². The standard InChI is InChI=1S/C19H22N4O/c20-19(23-16-9-2-1-3-10-16)21-13-14-6-4-11-17(12-14)22-18(24)15-7-5-8-15/h1-4,6,9-12,15H,5,7-8,13H2,(H,22,24)(H3,20,21,23). The second-order valence-corrected chi connectivity index (χ2v) is 6.01. The number of rotatable bonds is 5. The van der Waals surface area contributed by atoms with Crippen molar-refractivity contribution in [3.8, 4) is 0 Å². The molecule has 1 fully saturated rings. The summed E-state index contributed by atoms with van der Waals surface area (Å²) >= 11 is 0. The number of benzene rings is 2. The maximum atomic E-state index is 12.0. The smallest absolute Gasteiger partial charge is 0.227 e. The van der Waals surface area contributed by atoms with Gasteiger partial charge in [-0.25, -0.2) is 4.99 Å². The van der Waals surface area contributed by atoms with Gasteiger partial charge in [-0.05, 0) is 42.7 Å². The van der Waals surface area contributed by atoms with E-state index in [1.165, 1.54) is 0 Å². The topological polar surface area (TPSA) is 79.5 Å². The average molecular weight is 322 g/mol. The van der Waals surface area contributed by atoms with E-state index in [-0.39, 0.29) is 11.8 Å². The molecule has 1 aliphatic rings.